The summed E-state index contributed by atoms with van der Waals surface area (Å²) in [5.41, 5.74) is 2.00. The Morgan fingerprint density at radius 1 is 1.42 bits per heavy atom. The lowest BCUT2D eigenvalue weighted by Crippen LogP contribution is -2.37. The third kappa shape index (κ3) is 1.38. The predicted molar refractivity (Wildman–Crippen MR) is 51.2 cm³/mol. The van der Waals surface area contributed by atoms with Crippen LogP contribution < -0.4 is 0 Å². The van der Waals surface area contributed by atoms with E-state index in [0.29, 0.717) is 5.92 Å². The number of hydrogen-bond acceptors (Lipinski definition) is 2. The fraction of sp³-hybridized carbons (Fsp3) is 0.700. The summed E-state index contributed by atoms with van der Waals surface area (Å²) in [6, 6.07) is 0. The molecule has 1 heterocycles. The van der Waals surface area contributed by atoms with Crippen molar-refractivity contribution in [3.8, 4) is 0 Å². The monoisotopic (exact) mass is 167 g/mol. The van der Waals surface area contributed by atoms with Gasteiger partial charge in [-0.3, -0.25) is 0 Å². The minimum Gasteiger partial charge on any atom is -0.385 e. The molecule has 1 aliphatic heterocycles. The second-order valence-electron chi connectivity index (χ2n) is 3.91. The number of rotatable bonds is 1. The highest BCUT2D eigenvalue weighted by molar-refractivity contribution is 5.93. The van der Waals surface area contributed by atoms with Gasteiger partial charge in [0, 0.05) is 0 Å². The highest BCUT2D eigenvalue weighted by Gasteiger charge is 2.34. The number of oxime groups is 1. The topological polar surface area (TPSA) is 21.6 Å². The fourth-order valence-electron chi connectivity index (χ4n) is 1.28. The highest BCUT2D eigenvalue weighted by Crippen LogP contribution is 2.32. The molecule has 0 aromatic heterocycles. The average molecular weight is 167 g/mol. The third-order valence-corrected chi connectivity index (χ3v) is 2.69. The maximum absolute atomic E-state index is 5.47. The summed E-state index contributed by atoms with van der Waals surface area (Å²) >= 11 is 0. The molecule has 68 valence electrons. The lowest BCUT2D eigenvalue weighted by Gasteiger charge is -2.34. The zero-order chi connectivity index (χ0) is 9.35. The number of nitrogens with zero attached hydrogens (tertiary/aromatic N) is 1. The average Bonchev–Trinajstić information content (AvgIpc) is 1.97. The van der Waals surface area contributed by atoms with Crippen molar-refractivity contribution < 1.29 is 4.84 Å². The van der Waals surface area contributed by atoms with Gasteiger partial charge in [0.05, 0.1) is 5.71 Å². The van der Waals surface area contributed by atoms with Crippen molar-refractivity contribution in [3.05, 3.63) is 11.6 Å². The van der Waals surface area contributed by atoms with Crippen molar-refractivity contribution >= 4 is 5.71 Å². The van der Waals surface area contributed by atoms with Crippen LogP contribution in [0.15, 0.2) is 16.8 Å². The lowest BCUT2D eigenvalue weighted by molar-refractivity contribution is -0.0364. The minimum atomic E-state index is -0.209. The summed E-state index contributed by atoms with van der Waals surface area (Å²) < 4.78 is 0. The normalized spacial score (nSPS) is 29.5. The van der Waals surface area contributed by atoms with Crippen LogP contribution in [0.5, 0.6) is 0 Å². The van der Waals surface area contributed by atoms with Gasteiger partial charge in [0.1, 0.15) is 0 Å². The second-order valence-corrected chi connectivity index (χ2v) is 3.91. The van der Waals surface area contributed by atoms with Crippen LogP contribution in [0.1, 0.15) is 34.6 Å². The molecule has 0 amide bonds. The molecule has 0 radical (unpaired) electrons. The first-order valence-electron chi connectivity index (χ1n) is 4.38. The van der Waals surface area contributed by atoms with Gasteiger partial charge < -0.3 is 4.84 Å². The molecule has 0 bridgehead atoms. The molecule has 0 fully saturated rings. The smallest absolute Gasteiger partial charge is 0.158 e. The molecule has 0 spiro atoms. The van der Waals surface area contributed by atoms with Gasteiger partial charge in [-0.2, -0.15) is 0 Å². The van der Waals surface area contributed by atoms with Crippen LogP contribution in [-0.4, -0.2) is 11.3 Å². The molecule has 1 unspecified atom stereocenters. The Balaban J connectivity index is 2.93. The van der Waals surface area contributed by atoms with E-state index in [4.69, 9.17) is 4.84 Å². The van der Waals surface area contributed by atoms with Crippen molar-refractivity contribution in [2.75, 3.05) is 0 Å². The Morgan fingerprint density at radius 2 is 2.00 bits per heavy atom. The van der Waals surface area contributed by atoms with Crippen LogP contribution in [0.25, 0.3) is 0 Å². The molecular formula is C10H17NO. The third-order valence-electron chi connectivity index (χ3n) is 2.69. The molecule has 0 N–H and O–H groups in total. The molecule has 1 atom stereocenters. The molecular weight excluding hydrogens is 150 g/mol. The molecule has 0 aromatic carbocycles. The molecule has 12 heavy (non-hydrogen) atoms. The van der Waals surface area contributed by atoms with E-state index in [1.165, 1.54) is 5.57 Å². The summed E-state index contributed by atoms with van der Waals surface area (Å²) in [5.74, 6) is 0.450. The van der Waals surface area contributed by atoms with E-state index in [0.717, 1.165) is 5.71 Å². The fourth-order valence-corrected chi connectivity index (χ4v) is 1.28. The van der Waals surface area contributed by atoms with Crippen molar-refractivity contribution in [1.82, 2.24) is 0 Å². The quantitative estimate of drug-likeness (QED) is 0.588. The van der Waals surface area contributed by atoms with E-state index in [9.17, 15) is 0 Å². The van der Waals surface area contributed by atoms with Gasteiger partial charge in [-0.25, -0.2) is 0 Å². The molecule has 0 aliphatic carbocycles. The zero-order valence-corrected chi connectivity index (χ0v) is 8.51. The van der Waals surface area contributed by atoms with E-state index in [-0.39, 0.29) is 5.60 Å². The van der Waals surface area contributed by atoms with Crippen molar-refractivity contribution in [2.24, 2.45) is 11.1 Å². The summed E-state index contributed by atoms with van der Waals surface area (Å²) in [7, 11) is 0. The van der Waals surface area contributed by atoms with Crippen LogP contribution in [0, 0.1) is 5.92 Å². The lowest BCUT2D eigenvalue weighted by atomic mass is 9.84. The van der Waals surface area contributed by atoms with Gasteiger partial charge in [-0.1, -0.05) is 19.0 Å². The zero-order valence-electron chi connectivity index (χ0n) is 8.51. The first kappa shape index (κ1) is 9.30. The summed E-state index contributed by atoms with van der Waals surface area (Å²) in [4.78, 5) is 5.47. The van der Waals surface area contributed by atoms with Gasteiger partial charge in [0.2, 0.25) is 0 Å². The summed E-state index contributed by atoms with van der Waals surface area (Å²) in [5, 5.41) is 4.00. The van der Waals surface area contributed by atoms with Crippen molar-refractivity contribution in [3.63, 3.8) is 0 Å². The molecule has 2 nitrogen and oxygen atoms in total. The van der Waals surface area contributed by atoms with Crippen molar-refractivity contribution in [2.45, 2.75) is 40.2 Å². The van der Waals surface area contributed by atoms with E-state index in [2.05, 4.69) is 38.9 Å². The summed E-state index contributed by atoms with van der Waals surface area (Å²) in [6.45, 7) is 10.4. The Morgan fingerprint density at radius 3 is 2.42 bits per heavy atom. The largest absolute Gasteiger partial charge is 0.385 e. The maximum atomic E-state index is 5.47. The van der Waals surface area contributed by atoms with E-state index < -0.39 is 0 Å². The van der Waals surface area contributed by atoms with E-state index in [1.807, 2.05) is 6.92 Å². The van der Waals surface area contributed by atoms with Crippen LogP contribution in [0.3, 0.4) is 0 Å². The van der Waals surface area contributed by atoms with Crippen LogP contribution >= 0.6 is 0 Å². The SMILES string of the molecule is CC1=CC(C)=NOC1(C)C(C)C. The predicted octanol–water partition coefficient (Wildman–Crippen LogP) is 2.75. The first-order valence-corrected chi connectivity index (χ1v) is 4.38. The van der Waals surface area contributed by atoms with Crippen LogP contribution in [0.4, 0.5) is 0 Å². The van der Waals surface area contributed by atoms with Gasteiger partial charge >= 0.3 is 0 Å². The Hall–Kier alpha value is -0.790. The molecule has 0 saturated carbocycles. The Bertz CT molecular complexity index is 240. The number of hydrogen-bond donors (Lipinski definition) is 0. The van der Waals surface area contributed by atoms with Crippen LogP contribution in [0.2, 0.25) is 0 Å². The molecule has 1 aliphatic rings. The summed E-state index contributed by atoms with van der Waals surface area (Å²) in [6.07, 6.45) is 2.09. The van der Waals surface area contributed by atoms with Gasteiger partial charge in [0.25, 0.3) is 0 Å². The minimum absolute atomic E-state index is 0.209. The van der Waals surface area contributed by atoms with Gasteiger partial charge in [-0.15, -0.1) is 0 Å². The second kappa shape index (κ2) is 2.92. The molecule has 0 aromatic rings. The standard InChI is InChI=1S/C10H17NO/c1-7(2)10(5)8(3)6-9(4)11-12-10/h6-7H,1-5H3. The van der Waals surface area contributed by atoms with Gasteiger partial charge in [0.15, 0.2) is 5.60 Å². The highest BCUT2D eigenvalue weighted by atomic mass is 16.7. The Kier molecular flexibility index (Phi) is 2.27. The first-order chi connectivity index (χ1) is 5.47. The maximum Gasteiger partial charge on any atom is 0.158 e. The van der Waals surface area contributed by atoms with E-state index >= 15 is 0 Å². The molecule has 1 rings (SSSR count). The Labute approximate surface area is 74.3 Å². The van der Waals surface area contributed by atoms with Crippen LogP contribution in [-0.2, 0) is 4.84 Å². The number of allylic oxidation sites excluding steroid dienone is 1. The molecule has 2 heteroatoms. The van der Waals surface area contributed by atoms with Gasteiger partial charge in [-0.05, 0) is 38.3 Å². The molecule has 0 saturated heterocycles. The van der Waals surface area contributed by atoms with Crippen molar-refractivity contribution in [1.29, 1.82) is 0 Å². The van der Waals surface area contributed by atoms with E-state index in [1.54, 1.807) is 0 Å².